The third kappa shape index (κ3) is 4.16. The quantitative estimate of drug-likeness (QED) is 0.433. The minimum absolute atomic E-state index is 0.0262. The Morgan fingerprint density at radius 3 is 2.12 bits per heavy atom. The second kappa shape index (κ2) is 5.27. The molecular weight excluding hydrogens is 235 g/mol. The highest BCUT2D eigenvalue weighted by Crippen LogP contribution is 2.37. The topological polar surface area (TPSA) is 26.3 Å². The minimum atomic E-state index is -5.71. The molecule has 0 fully saturated rings. The van der Waals surface area contributed by atoms with Gasteiger partial charge in [-0.25, -0.2) is 4.79 Å². The van der Waals surface area contributed by atoms with E-state index in [1.807, 2.05) is 0 Å². The number of alkyl halides is 5. The summed E-state index contributed by atoms with van der Waals surface area (Å²) in [6.07, 6.45) is -5.70. The number of allylic oxidation sites excluding steroid dienone is 1. The summed E-state index contributed by atoms with van der Waals surface area (Å²) in [7, 11) is 0. The maximum Gasteiger partial charge on any atom is 0.457 e. The fourth-order valence-electron chi connectivity index (χ4n) is 0.721. The predicted octanol–water partition coefficient (Wildman–Crippen LogP) is 3.08. The van der Waals surface area contributed by atoms with Crippen LogP contribution in [0.3, 0.4) is 0 Å². The Balaban J connectivity index is 4.71. The van der Waals surface area contributed by atoms with Gasteiger partial charge in [0.2, 0.25) is 0 Å². The summed E-state index contributed by atoms with van der Waals surface area (Å²) in [5, 5.41) is 0. The normalized spacial score (nSPS) is 13.8. The fraction of sp³-hybridized carbons (Fsp3) is 0.667. The first-order valence-corrected chi connectivity index (χ1v) is 4.43. The highest BCUT2D eigenvalue weighted by molar-refractivity contribution is 5.87. The second-order valence-corrected chi connectivity index (χ2v) is 3.08. The van der Waals surface area contributed by atoms with E-state index in [9.17, 15) is 26.7 Å². The zero-order valence-corrected chi connectivity index (χ0v) is 8.70. The van der Waals surface area contributed by atoms with Gasteiger partial charge in [0, 0.05) is 11.6 Å². The van der Waals surface area contributed by atoms with E-state index < -0.39 is 29.7 Å². The number of hydrogen-bond donors (Lipinski definition) is 0. The zero-order chi connectivity index (χ0) is 13.0. The molecule has 0 atom stereocenters. The molecule has 0 radical (unpaired) electrons. The number of rotatable bonds is 4. The van der Waals surface area contributed by atoms with Gasteiger partial charge >= 0.3 is 18.1 Å². The molecule has 0 aliphatic carbocycles. The molecule has 7 heteroatoms. The van der Waals surface area contributed by atoms with Crippen LogP contribution < -0.4 is 0 Å². The van der Waals surface area contributed by atoms with Crippen molar-refractivity contribution < 1.29 is 31.5 Å². The maximum absolute atomic E-state index is 12.5. The van der Waals surface area contributed by atoms with Crippen LogP contribution >= 0.6 is 0 Å². The molecule has 0 saturated heterocycles. The Morgan fingerprint density at radius 1 is 1.25 bits per heavy atom. The molecule has 0 spiro atoms. The smallest absolute Gasteiger partial charge is 0.457 e. The van der Waals surface area contributed by atoms with Gasteiger partial charge in [0.05, 0.1) is 6.61 Å². The summed E-state index contributed by atoms with van der Waals surface area (Å²) in [6.45, 7) is 2.48. The monoisotopic (exact) mass is 246 g/mol. The zero-order valence-electron chi connectivity index (χ0n) is 8.70. The van der Waals surface area contributed by atoms with Crippen molar-refractivity contribution in [3.8, 4) is 0 Å². The van der Waals surface area contributed by atoms with Crippen LogP contribution in [0.1, 0.15) is 20.3 Å². The van der Waals surface area contributed by atoms with Crippen molar-refractivity contribution >= 4 is 5.97 Å². The van der Waals surface area contributed by atoms with Crippen LogP contribution in [0.4, 0.5) is 22.0 Å². The molecule has 2 nitrogen and oxygen atoms in total. The summed E-state index contributed by atoms with van der Waals surface area (Å²) in [6, 6.07) is 0. The third-order valence-electron chi connectivity index (χ3n) is 1.53. The van der Waals surface area contributed by atoms with Crippen molar-refractivity contribution in [1.29, 1.82) is 0 Å². The summed E-state index contributed by atoms with van der Waals surface area (Å²) in [5.41, 5.74) is -0.768. The van der Waals surface area contributed by atoms with Crippen molar-refractivity contribution in [2.45, 2.75) is 32.4 Å². The fourth-order valence-corrected chi connectivity index (χ4v) is 0.721. The van der Waals surface area contributed by atoms with Crippen molar-refractivity contribution in [2.24, 2.45) is 0 Å². The Kier molecular flexibility index (Phi) is 4.89. The van der Waals surface area contributed by atoms with Crippen molar-refractivity contribution in [1.82, 2.24) is 0 Å². The summed E-state index contributed by atoms with van der Waals surface area (Å²) < 4.78 is 64.6. The van der Waals surface area contributed by atoms with Gasteiger partial charge in [-0.15, -0.1) is 0 Å². The molecule has 0 saturated carbocycles. The van der Waals surface area contributed by atoms with Gasteiger partial charge < -0.3 is 4.74 Å². The number of halogens is 5. The van der Waals surface area contributed by atoms with Crippen LogP contribution in [0.2, 0.25) is 0 Å². The average Bonchev–Trinajstić information content (AvgIpc) is 2.11. The lowest BCUT2D eigenvalue weighted by Crippen LogP contribution is -2.35. The lowest BCUT2D eigenvalue weighted by molar-refractivity contribution is -0.259. The van der Waals surface area contributed by atoms with Crippen molar-refractivity contribution in [3.05, 3.63) is 11.6 Å². The van der Waals surface area contributed by atoms with Gasteiger partial charge in [0.1, 0.15) is 0 Å². The average molecular weight is 246 g/mol. The van der Waals surface area contributed by atoms with Gasteiger partial charge in [-0.2, -0.15) is 22.0 Å². The van der Waals surface area contributed by atoms with E-state index in [4.69, 9.17) is 0 Å². The van der Waals surface area contributed by atoms with Crippen LogP contribution in [0, 0.1) is 0 Å². The molecule has 0 aromatic rings. The summed E-state index contributed by atoms with van der Waals surface area (Å²) in [4.78, 5) is 10.9. The first kappa shape index (κ1) is 14.9. The van der Waals surface area contributed by atoms with Gasteiger partial charge in [-0.05, 0) is 13.3 Å². The van der Waals surface area contributed by atoms with Gasteiger partial charge in [-0.3, -0.25) is 0 Å². The van der Waals surface area contributed by atoms with Crippen LogP contribution in [-0.2, 0) is 9.53 Å². The number of ether oxygens (including phenoxy) is 1. The van der Waals surface area contributed by atoms with E-state index >= 15 is 0 Å². The molecule has 0 aliphatic heterocycles. The number of carbonyl (C=O) groups is 1. The number of carbonyl (C=O) groups excluding carboxylic acids is 1. The van der Waals surface area contributed by atoms with E-state index in [1.165, 1.54) is 0 Å². The second-order valence-electron chi connectivity index (χ2n) is 3.08. The molecule has 0 rings (SSSR count). The SMILES string of the molecule is CCCOC(=O)C(C)=CC(F)(F)C(F)(F)F. The van der Waals surface area contributed by atoms with Gasteiger partial charge in [0.25, 0.3) is 0 Å². The largest absolute Gasteiger partial charge is 0.462 e. The van der Waals surface area contributed by atoms with Crippen molar-refractivity contribution in [3.63, 3.8) is 0 Å². The Labute approximate surface area is 89.1 Å². The maximum atomic E-state index is 12.5. The third-order valence-corrected chi connectivity index (χ3v) is 1.53. The van der Waals surface area contributed by atoms with E-state index in [1.54, 1.807) is 6.92 Å². The highest BCUT2D eigenvalue weighted by Gasteiger charge is 2.56. The Bertz CT molecular complexity index is 280. The molecule has 0 heterocycles. The number of esters is 1. The lowest BCUT2D eigenvalue weighted by atomic mass is 10.2. The summed E-state index contributed by atoms with van der Waals surface area (Å²) >= 11 is 0. The molecule has 0 amide bonds. The first-order chi connectivity index (χ1) is 7.12. The molecule has 0 bridgehead atoms. The van der Waals surface area contributed by atoms with Crippen LogP contribution in [0.15, 0.2) is 11.6 Å². The standard InChI is InChI=1S/C9H11F5O2/c1-3-4-16-7(15)6(2)5-8(10,11)9(12,13)14/h5H,3-4H2,1-2H3. The molecule has 94 valence electrons. The summed E-state index contributed by atoms with van der Waals surface area (Å²) in [5.74, 6) is -6.20. The van der Waals surface area contributed by atoms with Crippen LogP contribution in [0.25, 0.3) is 0 Å². The van der Waals surface area contributed by atoms with Gasteiger partial charge in [0.15, 0.2) is 0 Å². The van der Waals surface area contributed by atoms with Crippen molar-refractivity contribution in [2.75, 3.05) is 6.61 Å². The highest BCUT2D eigenvalue weighted by atomic mass is 19.4. The van der Waals surface area contributed by atoms with E-state index in [0.717, 1.165) is 6.92 Å². The number of hydrogen-bond acceptors (Lipinski definition) is 2. The molecule has 0 N–H and O–H groups in total. The van der Waals surface area contributed by atoms with Crippen LogP contribution in [0.5, 0.6) is 0 Å². The van der Waals surface area contributed by atoms with E-state index in [-0.39, 0.29) is 6.61 Å². The molecular formula is C9H11F5O2. The van der Waals surface area contributed by atoms with Crippen LogP contribution in [-0.4, -0.2) is 24.7 Å². The van der Waals surface area contributed by atoms with E-state index in [2.05, 4.69) is 4.74 Å². The minimum Gasteiger partial charge on any atom is -0.462 e. The van der Waals surface area contributed by atoms with E-state index in [0.29, 0.717) is 6.42 Å². The molecule has 16 heavy (non-hydrogen) atoms. The van der Waals surface area contributed by atoms with Gasteiger partial charge in [-0.1, -0.05) is 6.92 Å². The Morgan fingerprint density at radius 2 is 1.75 bits per heavy atom. The molecule has 0 aliphatic rings. The molecule has 0 aromatic heterocycles. The molecule has 0 aromatic carbocycles. The molecule has 0 unspecified atom stereocenters. The Hall–Kier alpha value is -1.14. The predicted molar refractivity (Wildman–Crippen MR) is 46.0 cm³/mol. The lowest BCUT2D eigenvalue weighted by Gasteiger charge is -2.16. The first-order valence-electron chi connectivity index (χ1n) is 4.43.